The molecule has 0 atom stereocenters. The normalized spacial score (nSPS) is 12.4. The van der Waals surface area contributed by atoms with Gasteiger partial charge in [-0.2, -0.15) is 0 Å². The van der Waals surface area contributed by atoms with Crippen molar-refractivity contribution >= 4 is 0 Å². The number of rotatable bonds is 1. The summed E-state index contributed by atoms with van der Waals surface area (Å²) in [5, 5.41) is 0. The van der Waals surface area contributed by atoms with Crippen LogP contribution in [0.1, 0.15) is 52.7 Å². The summed E-state index contributed by atoms with van der Waals surface area (Å²) in [6.45, 7) is 12.4. The van der Waals surface area contributed by atoms with Gasteiger partial charge in [-0.3, -0.25) is 9.97 Å². The molecule has 23 heavy (non-hydrogen) atoms. The number of hydrogen-bond acceptors (Lipinski definition) is 3. The minimum Gasteiger partial charge on any atom is -0.258 e. The number of H-pyrrole nitrogens is 2. The van der Waals surface area contributed by atoms with Crippen molar-refractivity contribution < 1.29 is 0 Å². The largest absolute Gasteiger partial charge is 0.338 e. The predicted molar refractivity (Wildman–Crippen MR) is 90.7 cm³/mol. The molecule has 0 amide bonds. The molecule has 0 saturated heterocycles. The van der Waals surface area contributed by atoms with Crippen LogP contribution in [-0.2, 0) is 10.8 Å². The molecule has 6 heteroatoms. The van der Waals surface area contributed by atoms with Crippen LogP contribution in [0, 0.1) is 0 Å². The number of benzene rings is 1. The van der Waals surface area contributed by atoms with Crippen LogP contribution in [0.5, 0.6) is 0 Å². The molecule has 0 fully saturated rings. The molecule has 0 bridgehead atoms. The Balaban J connectivity index is 2.86. The average Bonchev–Trinajstić information content (AvgIpc) is 2.35. The van der Waals surface area contributed by atoms with E-state index < -0.39 is 17.1 Å². The van der Waals surface area contributed by atoms with E-state index in [0.717, 1.165) is 15.7 Å². The first-order valence-corrected chi connectivity index (χ1v) is 7.52. The summed E-state index contributed by atoms with van der Waals surface area (Å²) in [4.78, 5) is 39.5. The first-order valence-electron chi connectivity index (χ1n) is 7.52. The third-order valence-electron chi connectivity index (χ3n) is 3.76. The standard InChI is InChI=1S/C17H23N3O3/c1-16(2,3)10-7-11(17(4,5)6)9-12(8-10)20-14(22)18-13(21)19-15(20)23/h7-9H,1-6H3,(H2,18,19,21,22,23). The highest BCUT2D eigenvalue weighted by Gasteiger charge is 2.21. The fraction of sp³-hybridized carbons (Fsp3) is 0.471. The fourth-order valence-electron chi connectivity index (χ4n) is 2.27. The lowest BCUT2D eigenvalue weighted by Crippen LogP contribution is -2.42. The van der Waals surface area contributed by atoms with Crippen molar-refractivity contribution in [1.82, 2.24) is 14.5 Å². The summed E-state index contributed by atoms with van der Waals surface area (Å²) < 4.78 is 0.950. The van der Waals surface area contributed by atoms with Gasteiger partial charge in [0, 0.05) is 0 Å². The molecular weight excluding hydrogens is 294 g/mol. The van der Waals surface area contributed by atoms with Crippen molar-refractivity contribution in [3.05, 3.63) is 60.8 Å². The molecule has 0 saturated carbocycles. The summed E-state index contributed by atoms with van der Waals surface area (Å²) in [6.07, 6.45) is 0. The topological polar surface area (TPSA) is 87.7 Å². The Morgan fingerprint density at radius 1 is 0.739 bits per heavy atom. The van der Waals surface area contributed by atoms with Gasteiger partial charge in [0.25, 0.3) is 0 Å². The molecule has 0 radical (unpaired) electrons. The molecule has 2 N–H and O–H groups in total. The maximum Gasteiger partial charge on any atom is 0.338 e. The summed E-state index contributed by atoms with van der Waals surface area (Å²) in [6, 6.07) is 5.71. The van der Waals surface area contributed by atoms with Gasteiger partial charge in [0.2, 0.25) is 0 Å². The minimum atomic E-state index is -0.806. The number of aromatic amines is 2. The molecule has 1 heterocycles. The number of aromatic nitrogens is 3. The van der Waals surface area contributed by atoms with Gasteiger partial charge in [0.1, 0.15) is 0 Å². The van der Waals surface area contributed by atoms with Crippen LogP contribution >= 0.6 is 0 Å². The van der Waals surface area contributed by atoms with Gasteiger partial charge in [0.05, 0.1) is 5.69 Å². The van der Waals surface area contributed by atoms with Crippen LogP contribution in [0.3, 0.4) is 0 Å². The Kier molecular flexibility index (Phi) is 3.96. The van der Waals surface area contributed by atoms with Crippen LogP contribution in [0.4, 0.5) is 0 Å². The molecule has 6 nitrogen and oxygen atoms in total. The van der Waals surface area contributed by atoms with Gasteiger partial charge in [-0.15, -0.1) is 0 Å². The second-order valence-electron chi connectivity index (χ2n) is 7.79. The van der Waals surface area contributed by atoms with E-state index >= 15 is 0 Å². The Morgan fingerprint density at radius 3 is 1.48 bits per heavy atom. The second-order valence-corrected chi connectivity index (χ2v) is 7.79. The molecule has 0 spiro atoms. The highest BCUT2D eigenvalue weighted by molar-refractivity contribution is 5.44. The van der Waals surface area contributed by atoms with E-state index in [1.807, 2.05) is 12.1 Å². The number of nitrogens with one attached hydrogen (secondary N) is 2. The molecular formula is C17H23N3O3. The van der Waals surface area contributed by atoms with Crippen LogP contribution in [0.2, 0.25) is 0 Å². The Hall–Kier alpha value is -2.37. The van der Waals surface area contributed by atoms with Crippen molar-refractivity contribution in [2.24, 2.45) is 0 Å². The lowest BCUT2D eigenvalue weighted by molar-refractivity contribution is 0.567. The lowest BCUT2D eigenvalue weighted by Gasteiger charge is -2.26. The maximum atomic E-state index is 12.1. The summed E-state index contributed by atoms with van der Waals surface area (Å²) in [5.74, 6) is 0. The Morgan fingerprint density at radius 2 is 1.13 bits per heavy atom. The first-order chi connectivity index (χ1) is 10.4. The molecule has 124 valence electrons. The van der Waals surface area contributed by atoms with Crippen molar-refractivity contribution in [2.45, 2.75) is 52.4 Å². The van der Waals surface area contributed by atoms with E-state index in [4.69, 9.17) is 0 Å². The third kappa shape index (κ3) is 3.52. The van der Waals surface area contributed by atoms with Gasteiger partial charge >= 0.3 is 17.1 Å². The van der Waals surface area contributed by atoms with Crippen LogP contribution in [0.15, 0.2) is 32.6 Å². The zero-order chi connectivity index (χ0) is 17.6. The Bertz CT molecular complexity index is 836. The maximum absolute atomic E-state index is 12.1. The van der Waals surface area contributed by atoms with Crippen LogP contribution in [-0.4, -0.2) is 14.5 Å². The highest BCUT2D eigenvalue weighted by Crippen LogP contribution is 2.30. The molecule has 2 rings (SSSR count). The smallest absolute Gasteiger partial charge is 0.258 e. The predicted octanol–water partition coefficient (Wildman–Crippen LogP) is 1.81. The van der Waals surface area contributed by atoms with E-state index in [1.54, 1.807) is 0 Å². The van der Waals surface area contributed by atoms with E-state index in [9.17, 15) is 14.4 Å². The van der Waals surface area contributed by atoms with Gasteiger partial charge in [-0.1, -0.05) is 47.6 Å². The second kappa shape index (κ2) is 5.37. The number of hydrogen-bond donors (Lipinski definition) is 2. The van der Waals surface area contributed by atoms with Crippen molar-refractivity contribution in [3.63, 3.8) is 0 Å². The monoisotopic (exact) mass is 317 g/mol. The highest BCUT2D eigenvalue weighted by atomic mass is 16.2. The van der Waals surface area contributed by atoms with E-state index in [1.165, 1.54) is 0 Å². The van der Waals surface area contributed by atoms with Gasteiger partial charge in [0.15, 0.2) is 0 Å². The molecule has 2 aromatic rings. The molecule has 0 aliphatic heterocycles. The van der Waals surface area contributed by atoms with Crippen LogP contribution in [0.25, 0.3) is 5.69 Å². The van der Waals surface area contributed by atoms with Crippen molar-refractivity contribution in [1.29, 1.82) is 0 Å². The zero-order valence-electron chi connectivity index (χ0n) is 14.4. The van der Waals surface area contributed by atoms with Crippen molar-refractivity contribution in [2.75, 3.05) is 0 Å². The van der Waals surface area contributed by atoms with Crippen LogP contribution < -0.4 is 17.1 Å². The molecule has 0 aliphatic rings. The van der Waals surface area contributed by atoms with E-state index in [-0.39, 0.29) is 10.8 Å². The van der Waals surface area contributed by atoms with E-state index in [0.29, 0.717) is 5.69 Å². The van der Waals surface area contributed by atoms with Gasteiger partial charge < -0.3 is 0 Å². The molecule has 1 aromatic carbocycles. The first kappa shape index (κ1) is 17.0. The molecule has 0 aliphatic carbocycles. The number of nitrogens with zero attached hydrogens (tertiary/aromatic N) is 1. The van der Waals surface area contributed by atoms with Crippen molar-refractivity contribution in [3.8, 4) is 5.69 Å². The average molecular weight is 317 g/mol. The zero-order valence-corrected chi connectivity index (χ0v) is 14.4. The summed E-state index contributed by atoms with van der Waals surface area (Å²) in [5.41, 5.74) is -0.114. The third-order valence-corrected chi connectivity index (χ3v) is 3.76. The van der Waals surface area contributed by atoms with Gasteiger partial charge in [-0.25, -0.2) is 19.0 Å². The van der Waals surface area contributed by atoms with E-state index in [2.05, 4.69) is 57.6 Å². The summed E-state index contributed by atoms with van der Waals surface area (Å²) in [7, 11) is 0. The quantitative estimate of drug-likeness (QED) is 0.841. The SMILES string of the molecule is CC(C)(C)c1cc(-n2c(=O)[nH]c(=O)[nH]c2=O)cc(C(C)(C)C)c1. The Labute approximate surface area is 134 Å². The minimum absolute atomic E-state index is 0.144. The fourth-order valence-corrected chi connectivity index (χ4v) is 2.27. The lowest BCUT2D eigenvalue weighted by atomic mass is 9.80. The molecule has 1 aromatic heterocycles. The molecule has 0 unspecified atom stereocenters. The summed E-state index contributed by atoms with van der Waals surface area (Å²) >= 11 is 0. The van der Waals surface area contributed by atoms with Gasteiger partial charge in [-0.05, 0) is 34.1 Å².